The van der Waals surface area contributed by atoms with Crippen LogP contribution in [-0.4, -0.2) is 64.3 Å². The molecule has 2 atom stereocenters. The third-order valence-electron chi connectivity index (χ3n) is 3.71. The summed E-state index contributed by atoms with van der Waals surface area (Å²) < 4.78 is 0. The number of urea groups is 1. The maximum absolute atomic E-state index is 12.2. The summed E-state index contributed by atoms with van der Waals surface area (Å²) in [5.74, 6) is -1.27. The highest BCUT2D eigenvalue weighted by atomic mass is 16.4. The molecule has 2 N–H and O–H groups in total. The van der Waals surface area contributed by atoms with E-state index in [9.17, 15) is 14.7 Å². The van der Waals surface area contributed by atoms with Crippen LogP contribution in [0.25, 0.3) is 0 Å². The Morgan fingerprint density at radius 2 is 1.61 bits per heavy atom. The van der Waals surface area contributed by atoms with Crippen LogP contribution in [0.3, 0.4) is 0 Å². The number of aliphatic carboxylic acids is 1. The molecule has 2 fully saturated rings. The van der Waals surface area contributed by atoms with Crippen LogP contribution in [-0.2, 0) is 4.79 Å². The van der Waals surface area contributed by atoms with Crippen LogP contribution in [0.4, 0.5) is 4.79 Å². The minimum atomic E-state index is -0.828. The molecule has 0 aromatic rings. The first-order valence-corrected chi connectivity index (χ1v) is 6.52. The van der Waals surface area contributed by atoms with Gasteiger partial charge in [-0.2, -0.15) is 0 Å². The number of piperidine rings is 2. The molecule has 2 saturated heterocycles. The lowest BCUT2D eigenvalue weighted by Gasteiger charge is -2.37. The quantitative estimate of drug-likeness (QED) is 0.709. The number of aliphatic hydroxyl groups excluding tert-OH is 1. The number of nitrogens with zero attached hydrogens (tertiary/aromatic N) is 2. The van der Waals surface area contributed by atoms with Gasteiger partial charge < -0.3 is 20.0 Å². The van der Waals surface area contributed by atoms with Crippen molar-refractivity contribution in [1.29, 1.82) is 0 Å². The summed E-state index contributed by atoms with van der Waals surface area (Å²) in [5.41, 5.74) is 0. The molecule has 6 nitrogen and oxygen atoms in total. The molecule has 102 valence electrons. The fraction of sp³-hybridized carbons (Fsp3) is 0.833. The van der Waals surface area contributed by atoms with Gasteiger partial charge in [-0.15, -0.1) is 0 Å². The second-order valence-electron chi connectivity index (χ2n) is 5.15. The van der Waals surface area contributed by atoms with E-state index in [2.05, 4.69) is 0 Å². The van der Waals surface area contributed by atoms with Gasteiger partial charge in [0.25, 0.3) is 0 Å². The van der Waals surface area contributed by atoms with Gasteiger partial charge in [0, 0.05) is 26.2 Å². The van der Waals surface area contributed by atoms with Crippen LogP contribution in [0.15, 0.2) is 0 Å². The molecule has 2 amide bonds. The minimum Gasteiger partial charge on any atom is -0.481 e. The van der Waals surface area contributed by atoms with Crippen LogP contribution in [0, 0.1) is 5.92 Å². The molecule has 0 bridgehead atoms. The van der Waals surface area contributed by atoms with E-state index in [1.54, 1.807) is 9.80 Å². The molecule has 2 aliphatic heterocycles. The number of carboxylic acid groups (broad SMARTS) is 1. The summed E-state index contributed by atoms with van der Waals surface area (Å²) in [4.78, 5) is 26.4. The molecular weight excluding hydrogens is 236 g/mol. The Balaban J connectivity index is 1.93. The zero-order valence-electron chi connectivity index (χ0n) is 10.4. The Labute approximate surface area is 106 Å². The van der Waals surface area contributed by atoms with Gasteiger partial charge in [-0.1, -0.05) is 0 Å². The van der Waals surface area contributed by atoms with E-state index < -0.39 is 18.0 Å². The van der Waals surface area contributed by atoms with E-state index in [1.807, 2.05) is 0 Å². The van der Waals surface area contributed by atoms with Crippen molar-refractivity contribution >= 4 is 12.0 Å². The Morgan fingerprint density at radius 1 is 1.00 bits per heavy atom. The maximum Gasteiger partial charge on any atom is 0.320 e. The number of carbonyl (C=O) groups is 2. The molecule has 0 aromatic carbocycles. The van der Waals surface area contributed by atoms with Crippen molar-refractivity contribution in [3.63, 3.8) is 0 Å². The van der Waals surface area contributed by atoms with Gasteiger partial charge >= 0.3 is 12.0 Å². The Hall–Kier alpha value is -1.30. The van der Waals surface area contributed by atoms with Gasteiger partial charge in [-0.3, -0.25) is 4.79 Å². The summed E-state index contributed by atoms with van der Waals surface area (Å²) in [6.45, 7) is 1.94. The molecule has 2 heterocycles. The Morgan fingerprint density at radius 3 is 2.22 bits per heavy atom. The van der Waals surface area contributed by atoms with E-state index in [1.165, 1.54) is 0 Å². The van der Waals surface area contributed by atoms with E-state index in [4.69, 9.17) is 5.11 Å². The summed E-state index contributed by atoms with van der Waals surface area (Å²) in [5, 5.41) is 18.6. The lowest BCUT2D eigenvalue weighted by molar-refractivity contribution is -0.143. The standard InChI is InChI=1S/C12H20N2O4/c15-10-4-2-6-14(8-10)12(18)13-5-1-3-9(7-13)11(16)17/h9-10,15H,1-8H2,(H,16,17)/t9-,10?/m1/s1. The smallest absolute Gasteiger partial charge is 0.320 e. The first-order valence-electron chi connectivity index (χ1n) is 6.52. The number of carboxylic acids is 1. The first-order chi connectivity index (χ1) is 8.58. The third-order valence-corrected chi connectivity index (χ3v) is 3.71. The van der Waals surface area contributed by atoms with Crippen LogP contribution >= 0.6 is 0 Å². The molecule has 0 aromatic heterocycles. The van der Waals surface area contributed by atoms with Gasteiger partial charge in [0.1, 0.15) is 0 Å². The monoisotopic (exact) mass is 256 g/mol. The molecule has 1 unspecified atom stereocenters. The number of amides is 2. The average Bonchev–Trinajstić information content (AvgIpc) is 2.38. The van der Waals surface area contributed by atoms with Crippen molar-refractivity contribution in [2.45, 2.75) is 31.8 Å². The number of aliphatic hydroxyl groups is 1. The lowest BCUT2D eigenvalue weighted by Crippen LogP contribution is -2.52. The predicted octanol–water partition coefficient (Wildman–Crippen LogP) is 0.360. The number of likely N-dealkylation sites (tertiary alicyclic amines) is 2. The van der Waals surface area contributed by atoms with Crippen LogP contribution in [0.2, 0.25) is 0 Å². The Kier molecular flexibility index (Phi) is 4.06. The molecular formula is C12H20N2O4. The Bertz CT molecular complexity index is 334. The highest BCUT2D eigenvalue weighted by molar-refractivity contribution is 5.76. The van der Waals surface area contributed by atoms with Crippen LogP contribution in [0.5, 0.6) is 0 Å². The zero-order valence-corrected chi connectivity index (χ0v) is 10.4. The summed E-state index contributed by atoms with van der Waals surface area (Å²) >= 11 is 0. The summed E-state index contributed by atoms with van der Waals surface area (Å²) in [6, 6.07) is -0.125. The van der Waals surface area contributed by atoms with Crippen molar-refractivity contribution in [3.05, 3.63) is 0 Å². The molecule has 2 rings (SSSR count). The molecule has 0 spiro atoms. The lowest BCUT2D eigenvalue weighted by atomic mass is 9.98. The highest BCUT2D eigenvalue weighted by Crippen LogP contribution is 2.19. The van der Waals surface area contributed by atoms with Gasteiger partial charge in [-0.05, 0) is 25.7 Å². The van der Waals surface area contributed by atoms with Crippen molar-refractivity contribution in [3.8, 4) is 0 Å². The minimum absolute atomic E-state index is 0.125. The summed E-state index contributed by atoms with van der Waals surface area (Å²) in [6.07, 6.45) is 2.48. The zero-order chi connectivity index (χ0) is 13.1. The fourth-order valence-electron chi connectivity index (χ4n) is 2.68. The van der Waals surface area contributed by atoms with Crippen molar-refractivity contribution in [2.75, 3.05) is 26.2 Å². The maximum atomic E-state index is 12.2. The second kappa shape index (κ2) is 5.56. The molecule has 18 heavy (non-hydrogen) atoms. The highest BCUT2D eigenvalue weighted by Gasteiger charge is 2.32. The van der Waals surface area contributed by atoms with Crippen molar-refractivity contribution in [1.82, 2.24) is 9.80 Å². The SMILES string of the molecule is O=C(O)[C@@H]1CCCN(C(=O)N2CCCC(O)C2)C1. The number of hydrogen-bond donors (Lipinski definition) is 2. The normalized spacial score (nSPS) is 29.2. The summed E-state index contributed by atoms with van der Waals surface area (Å²) in [7, 11) is 0. The topological polar surface area (TPSA) is 81.1 Å². The van der Waals surface area contributed by atoms with E-state index >= 15 is 0 Å². The molecule has 0 radical (unpaired) electrons. The number of hydrogen-bond acceptors (Lipinski definition) is 3. The van der Waals surface area contributed by atoms with Crippen molar-refractivity contribution < 1.29 is 19.8 Å². The van der Waals surface area contributed by atoms with Crippen LogP contribution < -0.4 is 0 Å². The van der Waals surface area contributed by atoms with Gasteiger partial charge in [0.05, 0.1) is 12.0 Å². The number of carbonyl (C=O) groups excluding carboxylic acids is 1. The fourth-order valence-corrected chi connectivity index (χ4v) is 2.68. The predicted molar refractivity (Wildman–Crippen MR) is 64.1 cm³/mol. The van der Waals surface area contributed by atoms with Gasteiger partial charge in [-0.25, -0.2) is 4.79 Å². The molecule has 0 saturated carbocycles. The molecule has 2 aliphatic rings. The third kappa shape index (κ3) is 2.93. The van der Waals surface area contributed by atoms with Gasteiger partial charge in [0.2, 0.25) is 0 Å². The second-order valence-corrected chi connectivity index (χ2v) is 5.15. The van der Waals surface area contributed by atoms with E-state index in [0.717, 1.165) is 19.3 Å². The first kappa shape index (κ1) is 13.1. The van der Waals surface area contributed by atoms with E-state index in [-0.39, 0.29) is 6.03 Å². The molecule has 0 aliphatic carbocycles. The van der Waals surface area contributed by atoms with Crippen LogP contribution in [0.1, 0.15) is 25.7 Å². The largest absolute Gasteiger partial charge is 0.481 e. The number of rotatable bonds is 1. The molecule has 6 heteroatoms. The van der Waals surface area contributed by atoms with Gasteiger partial charge in [0.15, 0.2) is 0 Å². The van der Waals surface area contributed by atoms with E-state index in [0.29, 0.717) is 32.6 Å². The average molecular weight is 256 g/mol. The number of β-amino-alcohol motifs (C(OH)–C–C–N with tert-alkyl or cyclic N) is 1. The van der Waals surface area contributed by atoms with Crippen molar-refractivity contribution in [2.24, 2.45) is 5.92 Å².